The van der Waals surface area contributed by atoms with Crippen molar-refractivity contribution in [2.24, 2.45) is 0 Å². The molecule has 0 bridgehead atoms. The number of hydrogen-bond donors (Lipinski definition) is 0. The Morgan fingerprint density at radius 2 is 1.04 bits per heavy atom. The monoisotopic (exact) mass is 404 g/mol. The molecule has 0 amide bonds. The molecule has 4 nitrogen and oxygen atoms in total. The third-order valence-electron chi connectivity index (χ3n) is 3.49. The number of carbonyl (C=O) groups excluding carboxylic acids is 2. The van der Waals surface area contributed by atoms with Crippen molar-refractivity contribution in [2.45, 2.75) is 0 Å². The summed E-state index contributed by atoms with van der Waals surface area (Å²) in [6.45, 7) is 0. The number of halogens is 3. The Morgan fingerprint density at radius 3 is 1.41 bits per heavy atom. The van der Waals surface area contributed by atoms with Crippen molar-refractivity contribution in [1.29, 1.82) is 0 Å². The summed E-state index contributed by atoms with van der Waals surface area (Å²) in [7, 11) is 0. The number of hydrogen-bond acceptors (Lipinski definition) is 4. The molecule has 3 aromatic rings. The number of esters is 2. The van der Waals surface area contributed by atoms with Crippen LogP contribution in [-0.2, 0) is 0 Å². The zero-order valence-electron chi connectivity index (χ0n) is 13.6. The molecule has 0 N–H and O–H groups in total. The molecule has 0 aromatic heterocycles. The third-order valence-corrected chi connectivity index (χ3v) is 3.99. The quantitative estimate of drug-likeness (QED) is 0.421. The summed E-state index contributed by atoms with van der Waals surface area (Å²) < 4.78 is 24.9. The fourth-order valence-corrected chi connectivity index (χ4v) is 2.43. The molecule has 0 saturated carbocycles. The summed E-state index contributed by atoms with van der Waals surface area (Å²) in [6.07, 6.45) is 0. The van der Waals surface area contributed by atoms with Crippen molar-refractivity contribution in [3.05, 3.63) is 93.7 Å². The summed E-state index contributed by atoms with van der Waals surface area (Å²) in [5, 5.41) is 0.931. The first-order chi connectivity index (χ1) is 12.9. The van der Waals surface area contributed by atoms with E-state index in [1.54, 1.807) is 0 Å². The van der Waals surface area contributed by atoms with Gasteiger partial charge in [0.1, 0.15) is 11.5 Å². The van der Waals surface area contributed by atoms with E-state index >= 15 is 0 Å². The lowest BCUT2D eigenvalue weighted by atomic mass is 10.1. The van der Waals surface area contributed by atoms with E-state index in [-0.39, 0.29) is 11.5 Å². The minimum atomic E-state index is -1.03. The molecular formula is C20H11Cl2FO4. The van der Waals surface area contributed by atoms with Crippen LogP contribution in [0.5, 0.6) is 11.5 Å². The van der Waals surface area contributed by atoms with Gasteiger partial charge < -0.3 is 9.47 Å². The first-order valence-corrected chi connectivity index (χ1v) is 8.43. The Bertz CT molecular complexity index is 908. The number of carbonyl (C=O) groups is 2. The topological polar surface area (TPSA) is 52.6 Å². The van der Waals surface area contributed by atoms with Crippen LogP contribution < -0.4 is 9.47 Å². The van der Waals surface area contributed by atoms with Crippen molar-refractivity contribution in [3.63, 3.8) is 0 Å². The summed E-state index contributed by atoms with van der Waals surface area (Å²) in [5.41, 5.74) is -0.786. The maximum absolute atomic E-state index is 14.7. The first-order valence-electron chi connectivity index (χ1n) is 7.68. The molecule has 0 aliphatic rings. The molecule has 0 heterocycles. The lowest BCUT2D eigenvalue weighted by molar-refractivity contribution is 0.0725. The number of ether oxygens (including phenoxy) is 2. The maximum Gasteiger partial charge on any atom is 0.346 e. The predicted molar refractivity (Wildman–Crippen MR) is 99.2 cm³/mol. The molecule has 0 saturated heterocycles. The highest BCUT2D eigenvalue weighted by Gasteiger charge is 2.22. The van der Waals surface area contributed by atoms with Gasteiger partial charge in [-0.1, -0.05) is 29.3 Å². The van der Waals surface area contributed by atoms with Crippen molar-refractivity contribution < 1.29 is 23.5 Å². The molecule has 136 valence electrons. The number of rotatable bonds is 4. The van der Waals surface area contributed by atoms with Crippen molar-refractivity contribution in [2.75, 3.05) is 0 Å². The van der Waals surface area contributed by atoms with Crippen LogP contribution >= 0.6 is 23.2 Å². The van der Waals surface area contributed by atoms with E-state index in [9.17, 15) is 14.0 Å². The molecule has 7 heteroatoms. The fourth-order valence-electron chi connectivity index (χ4n) is 2.18. The van der Waals surface area contributed by atoms with Gasteiger partial charge in [0.25, 0.3) is 0 Å². The minimum Gasteiger partial charge on any atom is -0.423 e. The van der Waals surface area contributed by atoms with Gasteiger partial charge in [-0.05, 0) is 60.7 Å². The highest BCUT2D eigenvalue weighted by molar-refractivity contribution is 6.30. The second-order valence-corrected chi connectivity index (χ2v) is 6.23. The largest absolute Gasteiger partial charge is 0.423 e. The van der Waals surface area contributed by atoms with Crippen LogP contribution in [0, 0.1) is 5.82 Å². The van der Waals surface area contributed by atoms with E-state index in [2.05, 4.69) is 0 Å². The molecule has 0 aliphatic heterocycles. The Morgan fingerprint density at radius 1 is 0.667 bits per heavy atom. The zero-order chi connectivity index (χ0) is 19.4. The Labute approximate surface area is 164 Å². The summed E-state index contributed by atoms with van der Waals surface area (Å²) >= 11 is 11.5. The molecule has 0 fully saturated rings. The van der Waals surface area contributed by atoms with Crippen molar-refractivity contribution >= 4 is 35.1 Å². The van der Waals surface area contributed by atoms with Crippen molar-refractivity contribution in [1.82, 2.24) is 0 Å². The van der Waals surface area contributed by atoms with E-state index in [1.165, 1.54) is 66.7 Å². The lowest BCUT2D eigenvalue weighted by Gasteiger charge is -2.09. The van der Waals surface area contributed by atoms with Crippen LogP contribution in [0.1, 0.15) is 20.7 Å². The van der Waals surface area contributed by atoms with Crippen LogP contribution in [0.2, 0.25) is 10.0 Å². The minimum absolute atomic E-state index is 0.193. The molecule has 3 aromatic carbocycles. The van der Waals surface area contributed by atoms with Gasteiger partial charge in [0, 0.05) is 10.0 Å². The van der Waals surface area contributed by atoms with Crippen LogP contribution in [0.15, 0.2) is 66.7 Å². The SMILES string of the molecule is O=C(Oc1ccc(Cl)cc1)c1cccc(C(=O)Oc2ccc(Cl)cc2)c1F. The van der Waals surface area contributed by atoms with Crippen molar-refractivity contribution in [3.8, 4) is 11.5 Å². The predicted octanol–water partition coefficient (Wildman–Crippen LogP) is 5.57. The molecule has 0 unspecified atom stereocenters. The third kappa shape index (κ3) is 4.64. The van der Waals surface area contributed by atoms with Gasteiger partial charge in [0.2, 0.25) is 0 Å². The Balaban J connectivity index is 1.80. The van der Waals surface area contributed by atoms with Gasteiger partial charge in [-0.15, -0.1) is 0 Å². The van der Waals surface area contributed by atoms with E-state index in [4.69, 9.17) is 32.7 Å². The van der Waals surface area contributed by atoms with Crippen LogP contribution in [0.4, 0.5) is 4.39 Å². The van der Waals surface area contributed by atoms with Crippen LogP contribution in [0.3, 0.4) is 0 Å². The van der Waals surface area contributed by atoms with Gasteiger partial charge in [0.05, 0.1) is 11.1 Å². The molecule has 0 atom stereocenters. The van der Waals surface area contributed by atoms with Gasteiger partial charge >= 0.3 is 11.9 Å². The van der Waals surface area contributed by atoms with Crippen LogP contribution in [-0.4, -0.2) is 11.9 Å². The average molecular weight is 405 g/mol. The molecule has 27 heavy (non-hydrogen) atoms. The first kappa shape index (κ1) is 18.9. The summed E-state index contributed by atoms with van der Waals surface area (Å²) in [4.78, 5) is 24.5. The second-order valence-electron chi connectivity index (χ2n) is 5.35. The van der Waals surface area contributed by atoms with Gasteiger partial charge in [0.15, 0.2) is 5.82 Å². The normalized spacial score (nSPS) is 10.3. The molecule has 0 radical (unpaired) electrons. The summed E-state index contributed by atoms with van der Waals surface area (Å²) in [5.74, 6) is -2.54. The van der Waals surface area contributed by atoms with E-state index in [0.717, 1.165) is 0 Å². The second kappa shape index (κ2) is 8.20. The zero-order valence-corrected chi connectivity index (χ0v) is 15.1. The van der Waals surface area contributed by atoms with E-state index in [0.29, 0.717) is 10.0 Å². The number of benzene rings is 3. The van der Waals surface area contributed by atoms with Crippen LogP contribution in [0.25, 0.3) is 0 Å². The molecule has 0 spiro atoms. The summed E-state index contributed by atoms with van der Waals surface area (Å²) in [6, 6.07) is 15.8. The maximum atomic E-state index is 14.7. The lowest BCUT2D eigenvalue weighted by Crippen LogP contribution is -2.16. The average Bonchev–Trinajstić information content (AvgIpc) is 2.65. The molecule has 3 rings (SSSR count). The highest BCUT2D eigenvalue weighted by Crippen LogP contribution is 2.21. The fraction of sp³-hybridized carbons (Fsp3) is 0. The van der Waals surface area contributed by atoms with E-state index < -0.39 is 28.9 Å². The highest BCUT2D eigenvalue weighted by atomic mass is 35.5. The molecular weight excluding hydrogens is 394 g/mol. The smallest absolute Gasteiger partial charge is 0.346 e. The Kier molecular flexibility index (Phi) is 5.74. The van der Waals surface area contributed by atoms with E-state index in [1.807, 2.05) is 0 Å². The Hall–Kier alpha value is -2.89. The standard InChI is InChI=1S/C20H11Cl2FO4/c21-12-4-8-14(9-5-12)26-19(24)16-2-1-3-17(18(16)23)20(25)27-15-10-6-13(22)7-11-15/h1-11H. The molecule has 0 aliphatic carbocycles. The van der Waals surface area contributed by atoms with Gasteiger partial charge in [-0.2, -0.15) is 0 Å². The van der Waals surface area contributed by atoms with Gasteiger partial charge in [-0.25, -0.2) is 14.0 Å². The van der Waals surface area contributed by atoms with Gasteiger partial charge in [-0.3, -0.25) is 0 Å².